The van der Waals surface area contributed by atoms with E-state index in [1.807, 2.05) is 12.1 Å². The van der Waals surface area contributed by atoms with Crippen molar-refractivity contribution in [2.24, 2.45) is 0 Å². The number of hydrogen-bond acceptors (Lipinski definition) is 2. The van der Waals surface area contributed by atoms with Gasteiger partial charge < -0.3 is 5.73 Å². The number of aromatic nitrogens is 2. The minimum Gasteiger partial charge on any atom is -0.369 e. The van der Waals surface area contributed by atoms with Crippen molar-refractivity contribution in [1.82, 2.24) is 9.55 Å². The number of anilines is 1. The van der Waals surface area contributed by atoms with Gasteiger partial charge in [0.2, 0.25) is 5.95 Å². The zero-order chi connectivity index (χ0) is 13.6. The van der Waals surface area contributed by atoms with E-state index in [1.54, 1.807) is 29.7 Å². The van der Waals surface area contributed by atoms with Gasteiger partial charge >= 0.3 is 0 Å². The minimum atomic E-state index is -0.277. The molecule has 0 aliphatic carbocycles. The number of halogens is 2. The first-order chi connectivity index (χ1) is 9.08. The Kier molecular flexibility index (Phi) is 2.68. The predicted octanol–water partition coefficient (Wildman–Crippen LogP) is 3.71. The van der Waals surface area contributed by atoms with E-state index in [4.69, 9.17) is 17.3 Å². The van der Waals surface area contributed by atoms with Gasteiger partial charge in [0.1, 0.15) is 11.3 Å². The van der Waals surface area contributed by atoms with Crippen LogP contribution in [0.25, 0.3) is 16.7 Å². The smallest absolute Gasteiger partial charge is 0.205 e. The van der Waals surface area contributed by atoms with Crippen molar-refractivity contribution in [2.45, 2.75) is 6.92 Å². The molecule has 2 N–H and O–H groups in total. The number of benzene rings is 2. The zero-order valence-electron chi connectivity index (χ0n) is 10.2. The second-order valence-electron chi connectivity index (χ2n) is 4.35. The highest BCUT2D eigenvalue weighted by molar-refractivity contribution is 6.35. The number of para-hydroxylation sites is 1. The molecular weight excluding hydrogens is 265 g/mol. The van der Waals surface area contributed by atoms with Crippen molar-refractivity contribution in [3.05, 3.63) is 52.8 Å². The first-order valence-electron chi connectivity index (χ1n) is 5.77. The molecule has 0 radical (unpaired) electrons. The summed E-state index contributed by atoms with van der Waals surface area (Å²) in [5, 5.41) is 0.524. The average molecular weight is 276 g/mol. The molecule has 0 saturated carbocycles. The van der Waals surface area contributed by atoms with Crippen LogP contribution < -0.4 is 5.73 Å². The number of imidazole rings is 1. The van der Waals surface area contributed by atoms with Crippen LogP contribution in [0.3, 0.4) is 0 Å². The Morgan fingerprint density at radius 3 is 2.79 bits per heavy atom. The van der Waals surface area contributed by atoms with Crippen LogP contribution in [0.1, 0.15) is 5.56 Å². The lowest BCUT2D eigenvalue weighted by Gasteiger charge is -2.07. The SMILES string of the molecule is Cc1ccc(-n2c(N)nc3c(Cl)cccc32)cc1F. The number of nitrogen functional groups attached to an aromatic ring is 1. The minimum absolute atomic E-state index is 0.277. The molecule has 2 aromatic carbocycles. The molecule has 1 aromatic heterocycles. The van der Waals surface area contributed by atoms with Gasteiger partial charge in [0.25, 0.3) is 0 Å². The van der Waals surface area contributed by atoms with Crippen LogP contribution >= 0.6 is 11.6 Å². The van der Waals surface area contributed by atoms with E-state index >= 15 is 0 Å². The Morgan fingerprint density at radius 2 is 2.05 bits per heavy atom. The monoisotopic (exact) mass is 275 g/mol. The number of fused-ring (bicyclic) bond motifs is 1. The normalized spacial score (nSPS) is 11.1. The maximum absolute atomic E-state index is 13.7. The van der Waals surface area contributed by atoms with Crippen molar-refractivity contribution in [2.75, 3.05) is 5.73 Å². The quantitative estimate of drug-likeness (QED) is 0.736. The van der Waals surface area contributed by atoms with Crippen LogP contribution in [0, 0.1) is 12.7 Å². The molecule has 3 rings (SSSR count). The zero-order valence-corrected chi connectivity index (χ0v) is 10.9. The van der Waals surface area contributed by atoms with E-state index in [-0.39, 0.29) is 11.8 Å². The molecule has 3 aromatic rings. The molecule has 0 fully saturated rings. The van der Waals surface area contributed by atoms with Crippen molar-refractivity contribution in [3.63, 3.8) is 0 Å². The van der Waals surface area contributed by atoms with Gasteiger partial charge in [-0.3, -0.25) is 4.57 Å². The van der Waals surface area contributed by atoms with Crippen molar-refractivity contribution < 1.29 is 4.39 Å². The maximum atomic E-state index is 13.7. The lowest BCUT2D eigenvalue weighted by Crippen LogP contribution is -2.01. The summed E-state index contributed by atoms with van der Waals surface area (Å²) in [4.78, 5) is 4.23. The van der Waals surface area contributed by atoms with Crippen LogP contribution in [0.5, 0.6) is 0 Å². The first-order valence-corrected chi connectivity index (χ1v) is 6.14. The fourth-order valence-electron chi connectivity index (χ4n) is 2.08. The van der Waals surface area contributed by atoms with Crippen molar-refractivity contribution in [1.29, 1.82) is 0 Å². The molecule has 96 valence electrons. The fraction of sp³-hybridized carbons (Fsp3) is 0.0714. The molecule has 0 amide bonds. The second-order valence-corrected chi connectivity index (χ2v) is 4.75. The molecule has 0 spiro atoms. The Balaban J connectivity index is 2.33. The van der Waals surface area contributed by atoms with E-state index in [2.05, 4.69) is 4.98 Å². The molecule has 3 nitrogen and oxygen atoms in total. The largest absolute Gasteiger partial charge is 0.369 e. The third-order valence-corrected chi connectivity index (χ3v) is 3.38. The highest BCUT2D eigenvalue weighted by Gasteiger charge is 2.13. The lowest BCUT2D eigenvalue weighted by molar-refractivity contribution is 0.617. The Morgan fingerprint density at radius 1 is 1.26 bits per heavy atom. The number of rotatable bonds is 1. The summed E-state index contributed by atoms with van der Waals surface area (Å²) in [5.74, 6) is 0.00660. The Hall–Kier alpha value is -2.07. The summed E-state index contributed by atoms with van der Waals surface area (Å²) in [6.07, 6.45) is 0. The third-order valence-electron chi connectivity index (χ3n) is 3.08. The highest BCUT2D eigenvalue weighted by Crippen LogP contribution is 2.28. The Labute approximate surface area is 114 Å². The first kappa shape index (κ1) is 12.0. The van der Waals surface area contributed by atoms with E-state index in [0.717, 1.165) is 5.52 Å². The average Bonchev–Trinajstić information content (AvgIpc) is 2.71. The topological polar surface area (TPSA) is 43.8 Å². The summed E-state index contributed by atoms with van der Waals surface area (Å²) in [7, 11) is 0. The number of aryl methyl sites for hydroxylation is 1. The number of nitrogens with zero attached hydrogens (tertiary/aromatic N) is 2. The molecule has 0 aliphatic heterocycles. The molecule has 0 bridgehead atoms. The van der Waals surface area contributed by atoms with Crippen LogP contribution in [0.4, 0.5) is 10.3 Å². The molecule has 0 saturated heterocycles. The highest BCUT2D eigenvalue weighted by atomic mass is 35.5. The summed E-state index contributed by atoms with van der Waals surface area (Å²) < 4.78 is 15.4. The summed E-state index contributed by atoms with van der Waals surface area (Å²) in [5.41, 5.74) is 8.50. The van der Waals surface area contributed by atoms with Crippen LogP contribution in [-0.4, -0.2) is 9.55 Å². The van der Waals surface area contributed by atoms with Crippen LogP contribution in [0.2, 0.25) is 5.02 Å². The molecule has 0 unspecified atom stereocenters. The summed E-state index contributed by atoms with van der Waals surface area (Å²) in [6.45, 7) is 1.71. The number of hydrogen-bond donors (Lipinski definition) is 1. The lowest BCUT2D eigenvalue weighted by atomic mass is 10.2. The van der Waals surface area contributed by atoms with Gasteiger partial charge in [-0.2, -0.15) is 0 Å². The van der Waals surface area contributed by atoms with Gasteiger partial charge in [0.05, 0.1) is 16.2 Å². The van der Waals surface area contributed by atoms with Crippen LogP contribution in [-0.2, 0) is 0 Å². The standard InChI is InChI=1S/C14H11ClFN3/c1-8-5-6-9(7-11(8)16)19-12-4-2-3-10(15)13(12)18-14(19)17/h2-7H,1H3,(H2,17,18). The predicted molar refractivity (Wildman–Crippen MR) is 75.2 cm³/mol. The van der Waals surface area contributed by atoms with Gasteiger partial charge in [-0.1, -0.05) is 23.7 Å². The van der Waals surface area contributed by atoms with Gasteiger partial charge in [0, 0.05) is 0 Å². The summed E-state index contributed by atoms with van der Waals surface area (Å²) in [6, 6.07) is 10.4. The van der Waals surface area contributed by atoms with Gasteiger partial charge in [-0.15, -0.1) is 0 Å². The van der Waals surface area contributed by atoms with E-state index in [9.17, 15) is 4.39 Å². The van der Waals surface area contributed by atoms with Crippen molar-refractivity contribution >= 4 is 28.6 Å². The summed E-state index contributed by atoms with van der Waals surface area (Å²) >= 11 is 6.08. The second kappa shape index (κ2) is 4.24. The van der Waals surface area contributed by atoms with E-state index in [0.29, 0.717) is 21.8 Å². The molecule has 0 aliphatic rings. The Bertz CT molecular complexity index is 780. The molecule has 1 heterocycles. The van der Waals surface area contributed by atoms with Crippen molar-refractivity contribution in [3.8, 4) is 5.69 Å². The van der Waals surface area contributed by atoms with E-state index in [1.165, 1.54) is 6.07 Å². The fourth-order valence-corrected chi connectivity index (χ4v) is 2.29. The molecule has 5 heteroatoms. The van der Waals surface area contributed by atoms with Gasteiger partial charge in [-0.05, 0) is 36.8 Å². The molecular formula is C14H11ClFN3. The number of nitrogens with two attached hydrogens (primary N) is 1. The van der Waals surface area contributed by atoms with E-state index < -0.39 is 0 Å². The third kappa shape index (κ3) is 1.85. The van der Waals surface area contributed by atoms with Gasteiger partial charge in [-0.25, -0.2) is 9.37 Å². The molecule has 0 atom stereocenters. The maximum Gasteiger partial charge on any atom is 0.205 e. The molecule has 19 heavy (non-hydrogen) atoms. The van der Waals surface area contributed by atoms with Crippen LogP contribution in [0.15, 0.2) is 36.4 Å². The van der Waals surface area contributed by atoms with Gasteiger partial charge in [0.15, 0.2) is 0 Å².